The van der Waals surface area contributed by atoms with Gasteiger partial charge in [0.05, 0.1) is 0 Å². The van der Waals surface area contributed by atoms with Gasteiger partial charge in [-0.15, -0.1) is 0 Å². The van der Waals surface area contributed by atoms with Crippen LogP contribution in [-0.4, -0.2) is 59.8 Å². The average molecular weight is 331 g/mol. The SMILES string of the molecule is CN(C)c1ccnc(N2CCN(c3cc(=O)n(C)c(=O)[nH]3)CC2)n1. The summed E-state index contributed by atoms with van der Waals surface area (Å²) in [5.41, 5.74) is -0.708. The van der Waals surface area contributed by atoms with Crippen LogP contribution in [0.2, 0.25) is 0 Å². The fourth-order valence-corrected chi connectivity index (χ4v) is 2.60. The summed E-state index contributed by atoms with van der Waals surface area (Å²) in [4.78, 5) is 41.2. The van der Waals surface area contributed by atoms with Crippen LogP contribution in [0.25, 0.3) is 0 Å². The molecule has 1 aliphatic heterocycles. The normalized spacial score (nSPS) is 14.8. The van der Waals surface area contributed by atoms with E-state index in [1.54, 1.807) is 6.20 Å². The molecule has 24 heavy (non-hydrogen) atoms. The summed E-state index contributed by atoms with van der Waals surface area (Å²) in [6.07, 6.45) is 1.75. The second-order valence-corrected chi connectivity index (χ2v) is 5.94. The lowest BCUT2D eigenvalue weighted by molar-refractivity contribution is 0.628. The van der Waals surface area contributed by atoms with Crippen LogP contribution in [0.5, 0.6) is 0 Å². The number of nitrogens with one attached hydrogen (secondary N) is 1. The van der Waals surface area contributed by atoms with Crippen molar-refractivity contribution in [1.82, 2.24) is 19.5 Å². The zero-order chi connectivity index (χ0) is 17.3. The molecule has 0 unspecified atom stereocenters. The molecule has 2 aromatic rings. The molecule has 0 aromatic carbocycles. The Labute approximate surface area is 139 Å². The molecular weight excluding hydrogens is 310 g/mol. The van der Waals surface area contributed by atoms with Gasteiger partial charge in [0.1, 0.15) is 11.6 Å². The van der Waals surface area contributed by atoms with Crippen LogP contribution in [0, 0.1) is 0 Å². The third-order valence-corrected chi connectivity index (χ3v) is 4.12. The maximum atomic E-state index is 11.8. The number of aromatic nitrogens is 4. The molecule has 3 rings (SSSR count). The van der Waals surface area contributed by atoms with Gasteiger partial charge in [-0.1, -0.05) is 0 Å². The van der Waals surface area contributed by atoms with E-state index in [0.29, 0.717) is 37.9 Å². The second kappa shape index (κ2) is 6.34. The molecule has 3 heterocycles. The van der Waals surface area contributed by atoms with E-state index in [1.165, 1.54) is 13.1 Å². The first kappa shape index (κ1) is 16.0. The van der Waals surface area contributed by atoms with Gasteiger partial charge >= 0.3 is 5.69 Å². The van der Waals surface area contributed by atoms with Crippen molar-refractivity contribution in [3.05, 3.63) is 39.2 Å². The zero-order valence-corrected chi connectivity index (χ0v) is 14.1. The summed E-state index contributed by atoms with van der Waals surface area (Å²) in [6, 6.07) is 3.32. The first-order valence-electron chi connectivity index (χ1n) is 7.76. The van der Waals surface area contributed by atoms with Crippen LogP contribution < -0.4 is 25.9 Å². The number of hydrogen-bond donors (Lipinski definition) is 1. The third kappa shape index (κ3) is 3.10. The van der Waals surface area contributed by atoms with E-state index in [2.05, 4.69) is 19.9 Å². The zero-order valence-electron chi connectivity index (χ0n) is 14.1. The topological polar surface area (TPSA) is 90.4 Å². The molecule has 0 spiro atoms. The predicted molar refractivity (Wildman–Crippen MR) is 93.1 cm³/mol. The highest BCUT2D eigenvalue weighted by molar-refractivity contribution is 5.45. The standard InChI is InChI=1S/C15H21N7O2/c1-19(2)11-4-5-16-14(17-11)22-8-6-21(7-9-22)12-10-13(23)20(3)15(24)18-12/h4-5,10H,6-9H2,1-3H3,(H,18,24). The molecule has 128 valence electrons. The van der Waals surface area contributed by atoms with Crippen LogP contribution >= 0.6 is 0 Å². The fourth-order valence-electron chi connectivity index (χ4n) is 2.60. The molecule has 0 bridgehead atoms. The lowest BCUT2D eigenvalue weighted by atomic mass is 10.3. The maximum absolute atomic E-state index is 11.8. The first-order valence-corrected chi connectivity index (χ1v) is 7.76. The quantitative estimate of drug-likeness (QED) is 0.792. The molecule has 0 aliphatic carbocycles. The average Bonchev–Trinajstić information content (AvgIpc) is 2.59. The highest BCUT2D eigenvalue weighted by Crippen LogP contribution is 2.16. The number of rotatable bonds is 3. The van der Waals surface area contributed by atoms with Crippen molar-refractivity contribution in [2.45, 2.75) is 0 Å². The van der Waals surface area contributed by atoms with Gasteiger partial charge in [-0.25, -0.2) is 9.78 Å². The summed E-state index contributed by atoms with van der Waals surface area (Å²) in [5, 5.41) is 0. The van der Waals surface area contributed by atoms with E-state index in [-0.39, 0.29) is 5.56 Å². The van der Waals surface area contributed by atoms with Gasteiger partial charge in [0.2, 0.25) is 5.95 Å². The van der Waals surface area contributed by atoms with Gasteiger partial charge < -0.3 is 14.7 Å². The lowest BCUT2D eigenvalue weighted by Crippen LogP contribution is -2.48. The van der Waals surface area contributed by atoms with Crippen molar-refractivity contribution in [1.29, 1.82) is 0 Å². The molecule has 1 aliphatic rings. The Hall–Kier alpha value is -2.84. The molecule has 0 atom stereocenters. The number of nitrogens with zero attached hydrogens (tertiary/aromatic N) is 6. The van der Waals surface area contributed by atoms with E-state index in [1.807, 2.05) is 30.0 Å². The predicted octanol–water partition coefficient (Wildman–Crippen LogP) is -0.744. The van der Waals surface area contributed by atoms with E-state index in [4.69, 9.17) is 0 Å². The number of anilines is 3. The smallest absolute Gasteiger partial charge is 0.329 e. The van der Waals surface area contributed by atoms with E-state index < -0.39 is 5.69 Å². The minimum Gasteiger partial charge on any atom is -0.363 e. The minimum atomic E-state index is -0.401. The molecule has 0 saturated carbocycles. The molecule has 1 fully saturated rings. The van der Waals surface area contributed by atoms with Gasteiger partial charge in [-0.05, 0) is 6.07 Å². The van der Waals surface area contributed by atoms with E-state index in [0.717, 1.165) is 10.4 Å². The molecule has 0 amide bonds. The van der Waals surface area contributed by atoms with E-state index >= 15 is 0 Å². The van der Waals surface area contributed by atoms with Crippen molar-refractivity contribution < 1.29 is 0 Å². The number of piperazine rings is 1. The Bertz CT molecular complexity index is 803. The molecule has 1 N–H and O–H groups in total. The van der Waals surface area contributed by atoms with Gasteiger partial charge in [0.15, 0.2) is 0 Å². The Morgan fingerprint density at radius 3 is 2.42 bits per heavy atom. The van der Waals surface area contributed by atoms with Crippen LogP contribution in [0.1, 0.15) is 0 Å². The number of H-pyrrole nitrogens is 1. The highest BCUT2D eigenvalue weighted by atomic mass is 16.2. The van der Waals surface area contributed by atoms with Crippen molar-refractivity contribution >= 4 is 17.6 Å². The number of aromatic amines is 1. The van der Waals surface area contributed by atoms with Crippen molar-refractivity contribution in [3.8, 4) is 0 Å². The minimum absolute atomic E-state index is 0.307. The maximum Gasteiger partial charge on any atom is 0.329 e. The molecule has 1 saturated heterocycles. The Balaban J connectivity index is 1.73. The summed E-state index contributed by atoms with van der Waals surface area (Å²) < 4.78 is 1.06. The van der Waals surface area contributed by atoms with Crippen molar-refractivity contribution in [2.75, 3.05) is 55.0 Å². The largest absolute Gasteiger partial charge is 0.363 e. The number of hydrogen-bond acceptors (Lipinski definition) is 7. The van der Waals surface area contributed by atoms with Crippen LogP contribution in [0.4, 0.5) is 17.6 Å². The Morgan fingerprint density at radius 2 is 1.79 bits per heavy atom. The molecule has 9 nitrogen and oxygen atoms in total. The van der Waals surface area contributed by atoms with Crippen LogP contribution in [0.15, 0.2) is 27.9 Å². The second-order valence-electron chi connectivity index (χ2n) is 5.94. The Morgan fingerprint density at radius 1 is 1.12 bits per heavy atom. The third-order valence-electron chi connectivity index (χ3n) is 4.12. The summed E-state index contributed by atoms with van der Waals surface area (Å²) in [7, 11) is 5.34. The summed E-state index contributed by atoms with van der Waals surface area (Å²) >= 11 is 0. The van der Waals surface area contributed by atoms with E-state index in [9.17, 15) is 9.59 Å². The van der Waals surface area contributed by atoms with Crippen LogP contribution in [-0.2, 0) is 7.05 Å². The summed E-state index contributed by atoms with van der Waals surface area (Å²) in [5.74, 6) is 2.11. The van der Waals surface area contributed by atoms with Crippen molar-refractivity contribution in [2.24, 2.45) is 7.05 Å². The first-order chi connectivity index (χ1) is 11.5. The molecule has 2 aromatic heterocycles. The Kier molecular flexibility index (Phi) is 4.24. The van der Waals surface area contributed by atoms with Crippen LogP contribution in [0.3, 0.4) is 0 Å². The van der Waals surface area contributed by atoms with Crippen molar-refractivity contribution in [3.63, 3.8) is 0 Å². The van der Waals surface area contributed by atoms with Gasteiger partial charge in [-0.2, -0.15) is 4.98 Å². The van der Waals surface area contributed by atoms with Gasteiger partial charge in [0, 0.05) is 59.6 Å². The summed E-state index contributed by atoms with van der Waals surface area (Å²) in [6.45, 7) is 2.79. The molecular formula is C15H21N7O2. The molecule has 9 heteroatoms. The van der Waals surface area contributed by atoms with Gasteiger partial charge in [-0.3, -0.25) is 14.3 Å². The highest BCUT2D eigenvalue weighted by Gasteiger charge is 2.20. The van der Waals surface area contributed by atoms with Gasteiger partial charge in [0.25, 0.3) is 5.56 Å². The molecule has 0 radical (unpaired) electrons. The fraction of sp³-hybridized carbons (Fsp3) is 0.467. The monoisotopic (exact) mass is 331 g/mol. The lowest BCUT2D eigenvalue weighted by Gasteiger charge is -2.35.